The molecular formula is C15H12O5. The first-order valence-corrected chi connectivity index (χ1v) is 6.16. The van der Waals surface area contributed by atoms with Crippen molar-refractivity contribution in [2.24, 2.45) is 0 Å². The first-order valence-electron chi connectivity index (χ1n) is 6.16. The van der Waals surface area contributed by atoms with Gasteiger partial charge in [0.05, 0.1) is 6.26 Å². The van der Waals surface area contributed by atoms with Gasteiger partial charge in [0.15, 0.2) is 12.2 Å². The van der Waals surface area contributed by atoms with Gasteiger partial charge in [-0.05, 0) is 24.8 Å². The Labute approximate surface area is 116 Å². The second kappa shape index (κ2) is 4.63. The molecule has 102 valence electrons. The molecule has 5 heteroatoms. The summed E-state index contributed by atoms with van der Waals surface area (Å²) in [6, 6.07) is 0. The highest BCUT2D eigenvalue weighted by atomic mass is 16.8. The Balaban J connectivity index is 1.79. The van der Waals surface area contributed by atoms with E-state index in [9.17, 15) is 4.79 Å². The quantitative estimate of drug-likeness (QED) is 0.403. The SMILES string of the molecule is CC#CC#C/C=C1\O[C@]2(OC=C[C@H]2OC(C)=O)[C@@H]2O[C@H]12. The van der Waals surface area contributed by atoms with E-state index >= 15 is 0 Å². The van der Waals surface area contributed by atoms with E-state index in [1.807, 2.05) is 0 Å². The Hall–Kier alpha value is -2.37. The molecule has 0 amide bonds. The number of carbonyl (C=O) groups excluding carboxylic acids is 1. The third kappa shape index (κ3) is 1.93. The summed E-state index contributed by atoms with van der Waals surface area (Å²) in [5.74, 6) is 9.80. The second-order valence-corrected chi connectivity index (χ2v) is 4.47. The molecule has 3 heterocycles. The maximum atomic E-state index is 11.1. The molecular weight excluding hydrogens is 260 g/mol. The number of rotatable bonds is 1. The second-order valence-electron chi connectivity index (χ2n) is 4.47. The van der Waals surface area contributed by atoms with Crippen molar-refractivity contribution in [3.63, 3.8) is 0 Å². The zero-order valence-electron chi connectivity index (χ0n) is 11.0. The molecule has 0 aromatic rings. The molecule has 2 fully saturated rings. The zero-order chi connectivity index (χ0) is 14.2. The lowest BCUT2D eigenvalue weighted by Crippen LogP contribution is -2.46. The van der Waals surface area contributed by atoms with Crippen LogP contribution in [0.25, 0.3) is 0 Å². The molecule has 0 aromatic heterocycles. The third-order valence-corrected chi connectivity index (χ3v) is 3.12. The minimum absolute atomic E-state index is 0.197. The molecule has 3 aliphatic heterocycles. The standard InChI is InChI=1S/C15H12O5/c1-3-4-5-6-7-11-13-14(19-13)15(20-11)12(8-9-17-15)18-10(2)16/h7-9,12-14H,1-2H3/b11-7-/t12-,13-,14-,15+/m1/s1. The van der Waals surface area contributed by atoms with Crippen LogP contribution in [0.2, 0.25) is 0 Å². The molecule has 20 heavy (non-hydrogen) atoms. The van der Waals surface area contributed by atoms with Gasteiger partial charge < -0.3 is 18.9 Å². The van der Waals surface area contributed by atoms with Gasteiger partial charge in [0.1, 0.15) is 5.76 Å². The van der Waals surface area contributed by atoms with Gasteiger partial charge in [-0.25, -0.2) is 0 Å². The van der Waals surface area contributed by atoms with Crippen LogP contribution in [0.15, 0.2) is 24.2 Å². The lowest BCUT2D eigenvalue weighted by Gasteiger charge is -2.29. The summed E-state index contributed by atoms with van der Waals surface area (Å²) in [6.45, 7) is 3.05. The largest absolute Gasteiger partial charge is 0.454 e. The van der Waals surface area contributed by atoms with E-state index in [2.05, 4.69) is 23.7 Å². The molecule has 0 radical (unpaired) electrons. The van der Waals surface area contributed by atoms with E-state index in [4.69, 9.17) is 18.9 Å². The van der Waals surface area contributed by atoms with Crippen molar-refractivity contribution in [3.8, 4) is 23.7 Å². The van der Waals surface area contributed by atoms with Gasteiger partial charge in [0.25, 0.3) is 0 Å². The molecule has 0 aliphatic carbocycles. The number of esters is 1. The fourth-order valence-corrected chi connectivity index (χ4v) is 2.28. The van der Waals surface area contributed by atoms with E-state index in [1.165, 1.54) is 13.2 Å². The normalized spacial score (nSPS) is 37.1. The molecule has 4 atom stereocenters. The average Bonchev–Trinajstić information content (AvgIpc) is 3.05. The summed E-state index contributed by atoms with van der Waals surface area (Å²) in [5, 5.41) is 0. The summed E-state index contributed by atoms with van der Waals surface area (Å²) in [6.07, 6.45) is 3.60. The molecule has 3 rings (SSSR count). The summed E-state index contributed by atoms with van der Waals surface area (Å²) in [4.78, 5) is 11.1. The van der Waals surface area contributed by atoms with Crippen molar-refractivity contribution in [1.29, 1.82) is 0 Å². The van der Waals surface area contributed by atoms with Crippen molar-refractivity contribution in [1.82, 2.24) is 0 Å². The van der Waals surface area contributed by atoms with Crippen molar-refractivity contribution < 1.29 is 23.7 Å². The van der Waals surface area contributed by atoms with Crippen LogP contribution in [-0.2, 0) is 23.7 Å². The molecule has 5 nitrogen and oxygen atoms in total. The Bertz CT molecular complexity index is 624. The number of epoxide rings is 1. The fraction of sp³-hybridized carbons (Fsp3) is 0.400. The number of ether oxygens (including phenoxy) is 4. The molecule has 0 saturated carbocycles. The topological polar surface area (TPSA) is 57.3 Å². The minimum atomic E-state index is -1.11. The molecule has 0 bridgehead atoms. The van der Waals surface area contributed by atoms with Crippen molar-refractivity contribution in [2.45, 2.75) is 37.9 Å². The van der Waals surface area contributed by atoms with Crippen LogP contribution < -0.4 is 0 Å². The van der Waals surface area contributed by atoms with Crippen LogP contribution in [0.5, 0.6) is 0 Å². The highest BCUT2D eigenvalue weighted by Gasteiger charge is 2.72. The van der Waals surface area contributed by atoms with Crippen LogP contribution in [0.1, 0.15) is 13.8 Å². The maximum Gasteiger partial charge on any atom is 0.321 e. The van der Waals surface area contributed by atoms with Crippen LogP contribution >= 0.6 is 0 Å². The first kappa shape index (κ1) is 12.7. The Kier molecular flexibility index (Phi) is 2.93. The predicted octanol–water partition coefficient (Wildman–Crippen LogP) is 0.866. The van der Waals surface area contributed by atoms with Crippen LogP contribution in [-0.4, -0.2) is 30.1 Å². The van der Waals surface area contributed by atoms with Gasteiger partial charge in [-0.15, -0.1) is 0 Å². The van der Waals surface area contributed by atoms with Gasteiger partial charge in [0, 0.05) is 13.0 Å². The lowest BCUT2D eigenvalue weighted by molar-refractivity contribution is -0.227. The summed E-state index contributed by atoms with van der Waals surface area (Å²) < 4.78 is 22.0. The number of hydrogen-bond acceptors (Lipinski definition) is 5. The summed E-state index contributed by atoms with van der Waals surface area (Å²) in [7, 11) is 0. The smallest absolute Gasteiger partial charge is 0.321 e. The Morgan fingerprint density at radius 3 is 3.10 bits per heavy atom. The van der Waals surface area contributed by atoms with E-state index in [-0.39, 0.29) is 12.2 Å². The van der Waals surface area contributed by atoms with E-state index < -0.39 is 17.9 Å². The molecule has 0 aromatic carbocycles. The van der Waals surface area contributed by atoms with Crippen molar-refractivity contribution in [3.05, 3.63) is 24.2 Å². The first-order chi connectivity index (χ1) is 9.67. The van der Waals surface area contributed by atoms with Gasteiger partial charge in [-0.1, -0.05) is 11.8 Å². The summed E-state index contributed by atoms with van der Waals surface area (Å²) in [5.41, 5.74) is 0. The molecule has 1 spiro atoms. The van der Waals surface area contributed by atoms with E-state index in [1.54, 1.807) is 19.1 Å². The van der Waals surface area contributed by atoms with Crippen LogP contribution in [0.4, 0.5) is 0 Å². The maximum absolute atomic E-state index is 11.1. The highest BCUT2D eigenvalue weighted by Crippen LogP contribution is 2.53. The van der Waals surface area contributed by atoms with Crippen molar-refractivity contribution in [2.75, 3.05) is 0 Å². The molecule has 2 saturated heterocycles. The van der Waals surface area contributed by atoms with E-state index in [0.29, 0.717) is 5.76 Å². The number of allylic oxidation sites excluding steroid dienone is 1. The van der Waals surface area contributed by atoms with E-state index in [0.717, 1.165) is 0 Å². The van der Waals surface area contributed by atoms with Crippen LogP contribution in [0.3, 0.4) is 0 Å². The number of carbonyl (C=O) groups is 1. The molecule has 0 N–H and O–H groups in total. The van der Waals surface area contributed by atoms with Gasteiger partial charge in [-0.2, -0.15) is 0 Å². The molecule has 0 unspecified atom stereocenters. The predicted molar refractivity (Wildman–Crippen MR) is 67.6 cm³/mol. The third-order valence-electron chi connectivity index (χ3n) is 3.12. The van der Waals surface area contributed by atoms with Crippen LogP contribution in [0, 0.1) is 23.7 Å². The average molecular weight is 272 g/mol. The summed E-state index contributed by atoms with van der Waals surface area (Å²) >= 11 is 0. The Morgan fingerprint density at radius 2 is 2.35 bits per heavy atom. The zero-order valence-corrected chi connectivity index (χ0v) is 11.0. The van der Waals surface area contributed by atoms with Gasteiger partial charge in [-0.3, -0.25) is 4.79 Å². The minimum Gasteiger partial charge on any atom is -0.454 e. The Morgan fingerprint density at radius 1 is 1.50 bits per heavy atom. The highest BCUT2D eigenvalue weighted by molar-refractivity contribution is 5.66. The number of fused-ring (bicyclic) bond motifs is 2. The number of hydrogen-bond donors (Lipinski definition) is 0. The lowest BCUT2D eigenvalue weighted by atomic mass is 10.1. The fourth-order valence-electron chi connectivity index (χ4n) is 2.28. The monoisotopic (exact) mass is 272 g/mol. The van der Waals surface area contributed by atoms with Crippen molar-refractivity contribution >= 4 is 5.97 Å². The molecule has 3 aliphatic rings. The van der Waals surface area contributed by atoms with Gasteiger partial charge in [0.2, 0.25) is 6.10 Å². The van der Waals surface area contributed by atoms with Gasteiger partial charge >= 0.3 is 11.8 Å².